The van der Waals surface area contributed by atoms with Gasteiger partial charge in [-0.3, -0.25) is 14.9 Å². The second-order valence-corrected chi connectivity index (χ2v) is 8.08. The number of hydrogen-bond acceptors (Lipinski definition) is 4. The molecular weight excluding hydrogens is 433 g/mol. The molecule has 0 radical (unpaired) electrons. The Morgan fingerprint density at radius 1 is 1.21 bits per heavy atom. The highest BCUT2D eigenvalue weighted by atomic mass is 35.5. The monoisotopic (exact) mass is 451 g/mol. The summed E-state index contributed by atoms with van der Waals surface area (Å²) in [7, 11) is 1.73. The normalized spacial score (nSPS) is 18.9. The zero-order valence-corrected chi connectivity index (χ0v) is 18.0. The van der Waals surface area contributed by atoms with Gasteiger partial charge in [-0.15, -0.1) is 0 Å². The summed E-state index contributed by atoms with van der Waals surface area (Å²) in [4.78, 5) is 25.4. The first-order valence-electron chi connectivity index (χ1n) is 9.04. The van der Waals surface area contributed by atoms with E-state index in [2.05, 4.69) is 5.32 Å². The Kier molecular flexibility index (Phi) is 6.41. The highest BCUT2D eigenvalue weighted by Crippen LogP contribution is 2.42. The summed E-state index contributed by atoms with van der Waals surface area (Å²) in [6.07, 6.45) is 2.66. The maximum atomic E-state index is 13.2. The van der Waals surface area contributed by atoms with Crippen molar-refractivity contribution >= 4 is 57.7 Å². The second kappa shape index (κ2) is 8.65. The zero-order valence-electron chi connectivity index (χ0n) is 15.7. The third-order valence-electron chi connectivity index (χ3n) is 5.25. The summed E-state index contributed by atoms with van der Waals surface area (Å²) in [5.74, 6) is 0.0358. The molecule has 2 aromatic rings. The topological polar surface area (TPSA) is 75.5 Å². The summed E-state index contributed by atoms with van der Waals surface area (Å²) in [5.41, 5.74) is -0.121. The quantitative estimate of drug-likeness (QED) is 0.372. The third-order valence-corrected chi connectivity index (χ3v) is 6.29. The molecule has 2 aromatic carbocycles. The summed E-state index contributed by atoms with van der Waals surface area (Å²) in [6, 6.07) is 11.3. The third kappa shape index (κ3) is 4.08. The number of benzene rings is 2. The molecule has 0 spiro atoms. The van der Waals surface area contributed by atoms with E-state index in [0.29, 0.717) is 29.1 Å². The number of hydrogen-bond donors (Lipinski definition) is 1. The first-order valence-corrected chi connectivity index (χ1v) is 10.2. The van der Waals surface area contributed by atoms with E-state index in [1.54, 1.807) is 18.0 Å². The van der Waals surface area contributed by atoms with Crippen LogP contribution in [0.3, 0.4) is 0 Å². The first kappa shape index (κ1) is 21.5. The maximum absolute atomic E-state index is 13.2. The van der Waals surface area contributed by atoms with Crippen LogP contribution < -0.4 is 5.32 Å². The van der Waals surface area contributed by atoms with Gasteiger partial charge in [0.25, 0.3) is 5.69 Å². The minimum absolute atomic E-state index is 0.0358. The van der Waals surface area contributed by atoms with Gasteiger partial charge < -0.3 is 10.2 Å². The number of nitro benzene ring substituents is 1. The van der Waals surface area contributed by atoms with Gasteiger partial charge in [0.2, 0.25) is 0 Å². The van der Waals surface area contributed by atoms with Gasteiger partial charge in [0.15, 0.2) is 10.9 Å². The molecule has 0 heterocycles. The number of nitrogens with zero attached hydrogens (tertiary/aromatic N) is 2. The van der Waals surface area contributed by atoms with E-state index in [1.165, 1.54) is 18.2 Å². The molecule has 1 N–H and O–H groups in total. The summed E-state index contributed by atoms with van der Waals surface area (Å²) in [5, 5.41) is 15.0. The number of non-ortho nitro benzene ring substituents is 1. The van der Waals surface area contributed by atoms with Gasteiger partial charge in [0.05, 0.1) is 15.6 Å². The lowest BCUT2D eigenvalue weighted by Crippen LogP contribution is -2.55. The van der Waals surface area contributed by atoms with Gasteiger partial charge in [0.1, 0.15) is 5.54 Å². The number of thiocarbonyl (C=S) groups is 1. The van der Waals surface area contributed by atoms with E-state index in [1.807, 2.05) is 18.2 Å². The van der Waals surface area contributed by atoms with E-state index in [-0.39, 0.29) is 21.6 Å². The van der Waals surface area contributed by atoms with E-state index < -0.39 is 10.5 Å². The molecule has 1 saturated carbocycles. The number of halogens is 2. The molecule has 152 valence electrons. The molecule has 1 atom stereocenters. The lowest BCUT2D eigenvalue weighted by molar-refractivity contribution is -0.384. The fourth-order valence-corrected chi connectivity index (χ4v) is 4.45. The molecule has 0 amide bonds. The number of nitrogens with one attached hydrogen (secondary N) is 1. The number of nitro groups is 1. The minimum Gasteiger partial charge on any atom is -0.335 e. The molecule has 1 aliphatic rings. The number of likely N-dealkylation sites (N-methyl/N-ethyl adjacent to an activating group) is 1. The average Bonchev–Trinajstić information content (AvgIpc) is 2.70. The average molecular weight is 452 g/mol. The van der Waals surface area contributed by atoms with E-state index in [9.17, 15) is 14.9 Å². The van der Waals surface area contributed by atoms with Crippen molar-refractivity contribution in [2.75, 3.05) is 12.4 Å². The van der Waals surface area contributed by atoms with Crippen LogP contribution in [-0.2, 0) is 10.3 Å². The lowest BCUT2D eigenvalue weighted by atomic mass is 9.74. The van der Waals surface area contributed by atoms with Crippen LogP contribution >= 0.6 is 35.4 Å². The number of Topliss-reactive ketones (excluding diaryl/α,β-unsaturated/α-hetero) is 1. The van der Waals surface area contributed by atoms with E-state index >= 15 is 0 Å². The molecular formula is C20H19Cl2N3O3S. The van der Waals surface area contributed by atoms with Crippen molar-refractivity contribution in [1.29, 1.82) is 0 Å². The van der Waals surface area contributed by atoms with Crippen molar-refractivity contribution in [2.24, 2.45) is 0 Å². The Bertz CT molecular complexity index is 985. The first-order chi connectivity index (χ1) is 13.8. The Morgan fingerprint density at radius 2 is 1.93 bits per heavy atom. The van der Waals surface area contributed by atoms with Crippen LogP contribution in [0.25, 0.3) is 0 Å². The van der Waals surface area contributed by atoms with Gasteiger partial charge >= 0.3 is 0 Å². The number of carbonyl (C=O) groups is 1. The van der Waals surface area contributed by atoms with Crippen molar-refractivity contribution in [2.45, 2.75) is 31.2 Å². The number of ketones is 1. The van der Waals surface area contributed by atoms with Crippen LogP contribution in [0.5, 0.6) is 0 Å². The van der Waals surface area contributed by atoms with Crippen LogP contribution in [-0.4, -0.2) is 27.8 Å². The second-order valence-electron chi connectivity index (χ2n) is 6.88. The molecule has 1 fully saturated rings. The van der Waals surface area contributed by atoms with Crippen molar-refractivity contribution in [3.05, 3.63) is 68.2 Å². The Labute approximate surface area is 183 Å². The summed E-state index contributed by atoms with van der Waals surface area (Å²) in [6.45, 7) is 0. The van der Waals surface area contributed by atoms with Crippen molar-refractivity contribution < 1.29 is 9.72 Å². The Morgan fingerprint density at radius 3 is 2.59 bits per heavy atom. The molecule has 0 aromatic heterocycles. The Balaban J connectivity index is 1.99. The summed E-state index contributed by atoms with van der Waals surface area (Å²) < 4.78 is 0. The van der Waals surface area contributed by atoms with Crippen LogP contribution in [0, 0.1) is 10.1 Å². The van der Waals surface area contributed by atoms with Crippen molar-refractivity contribution in [3.63, 3.8) is 0 Å². The van der Waals surface area contributed by atoms with Crippen LogP contribution in [0.2, 0.25) is 10.0 Å². The van der Waals surface area contributed by atoms with Crippen LogP contribution in [0.15, 0.2) is 42.5 Å². The molecule has 1 unspecified atom stereocenters. The fourth-order valence-electron chi connectivity index (χ4n) is 3.72. The number of rotatable bonds is 4. The maximum Gasteiger partial charge on any atom is 0.271 e. The molecule has 0 saturated heterocycles. The Hall–Kier alpha value is -2.22. The molecule has 1 aliphatic carbocycles. The molecule has 3 rings (SSSR count). The largest absolute Gasteiger partial charge is 0.335 e. The predicted molar refractivity (Wildman–Crippen MR) is 119 cm³/mol. The van der Waals surface area contributed by atoms with Gasteiger partial charge in [-0.05, 0) is 43.6 Å². The van der Waals surface area contributed by atoms with Crippen LogP contribution in [0.1, 0.15) is 31.2 Å². The van der Waals surface area contributed by atoms with Gasteiger partial charge in [-0.1, -0.05) is 41.4 Å². The van der Waals surface area contributed by atoms with E-state index in [4.69, 9.17) is 35.4 Å². The van der Waals surface area contributed by atoms with Crippen LogP contribution in [0.4, 0.5) is 11.4 Å². The molecule has 0 bridgehead atoms. The summed E-state index contributed by atoms with van der Waals surface area (Å²) >= 11 is 18.2. The highest BCUT2D eigenvalue weighted by Gasteiger charge is 2.47. The zero-order chi connectivity index (χ0) is 21.2. The standard InChI is InChI=1S/C20H19Cl2N3O3S/c1-24(19(29)23-17-12-13(25(27)28)9-10-16(17)22)20(11-5-4-8-18(20)26)14-6-2-3-7-15(14)21/h2-3,6-7,9-10,12H,4-5,8,11H2,1H3,(H,23,29). The SMILES string of the molecule is CN(C(=S)Nc1cc([N+](=O)[O-])ccc1Cl)C1(c2ccccc2Cl)CCCCC1=O. The lowest BCUT2D eigenvalue weighted by Gasteiger charge is -2.45. The highest BCUT2D eigenvalue weighted by molar-refractivity contribution is 7.80. The minimum atomic E-state index is -1.01. The molecule has 29 heavy (non-hydrogen) atoms. The fraction of sp³-hybridized carbons (Fsp3) is 0.300. The molecule has 0 aliphatic heterocycles. The smallest absolute Gasteiger partial charge is 0.271 e. The molecule has 9 heteroatoms. The van der Waals surface area contributed by atoms with Crippen molar-refractivity contribution in [3.8, 4) is 0 Å². The van der Waals surface area contributed by atoms with Gasteiger partial charge in [-0.25, -0.2) is 0 Å². The number of carbonyl (C=O) groups excluding carboxylic acids is 1. The van der Waals surface area contributed by atoms with Crippen molar-refractivity contribution in [1.82, 2.24) is 4.90 Å². The predicted octanol–water partition coefficient (Wildman–Crippen LogP) is 5.57. The van der Waals surface area contributed by atoms with Gasteiger partial charge in [-0.2, -0.15) is 0 Å². The van der Waals surface area contributed by atoms with Gasteiger partial charge in [0, 0.05) is 36.2 Å². The van der Waals surface area contributed by atoms with E-state index in [0.717, 1.165) is 12.8 Å². The number of anilines is 1. The molecule has 6 nitrogen and oxygen atoms in total.